The number of aromatic amines is 1. The molecule has 2 rings (SSSR count). The molecule has 18 heavy (non-hydrogen) atoms. The fourth-order valence-electron chi connectivity index (χ4n) is 1.81. The molecule has 1 aromatic carbocycles. The van der Waals surface area contributed by atoms with Crippen LogP contribution in [-0.4, -0.2) is 31.0 Å². The summed E-state index contributed by atoms with van der Waals surface area (Å²) in [5, 5.41) is 6.78. The van der Waals surface area contributed by atoms with Crippen molar-refractivity contribution in [2.24, 2.45) is 0 Å². The van der Waals surface area contributed by atoms with Crippen LogP contribution < -0.4 is 5.73 Å². The van der Waals surface area contributed by atoms with Crippen LogP contribution in [0.15, 0.2) is 30.3 Å². The lowest BCUT2D eigenvalue weighted by molar-refractivity contribution is 0.0275. The predicted octanol–water partition coefficient (Wildman–Crippen LogP) is 1.99. The zero-order valence-corrected chi connectivity index (χ0v) is 10.5. The van der Waals surface area contributed by atoms with E-state index >= 15 is 0 Å². The molecule has 0 amide bonds. The summed E-state index contributed by atoms with van der Waals surface area (Å²) in [5.74, 6) is 0.489. The second-order valence-corrected chi connectivity index (χ2v) is 4.01. The highest BCUT2D eigenvalue weighted by atomic mass is 16.5. The number of ether oxygens (including phenoxy) is 2. The highest BCUT2D eigenvalue weighted by Gasteiger charge is 2.10. The molecule has 1 aromatic heterocycles. The Morgan fingerprint density at radius 3 is 2.50 bits per heavy atom. The van der Waals surface area contributed by atoms with Crippen molar-refractivity contribution in [2.75, 3.05) is 26.6 Å². The molecule has 0 radical (unpaired) electrons. The maximum atomic E-state index is 5.58. The third kappa shape index (κ3) is 2.69. The van der Waals surface area contributed by atoms with Crippen LogP contribution in [0, 0.1) is 0 Å². The lowest BCUT2D eigenvalue weighted by atomic mass is 10.1. The van der Waals surface area contributed by atoms with Crippen molar-refractivity contribution >= 4 is 5.82 Å². The zero-order valence-electron chi connectivity index (χ0n) is 10.5. The highest BCUT2D eigenvalue weighted by Crippen LogP contribution is 2.23. The molecule has 1 atom stereocenters. The molecule has 5 nitrogen and oxygen atoms in total. The molecule has 2 aromatic rings. The van der Waals surface area contributed by atoms with Gasteiger partial charge in [-0.15, -0.1) is 0 Å². The van der Waals surface area contributed by atoms with E-state index in [0.717, 1.165) is 16.8 Å². The standard InChI is InChI=1S/C13H17N3O2/c1-17-8-12(18-2)10-5-3-9(4-6-10)11-7-13(14)16-15-11/h3-7,12H,8H2,1-2H3,(H3,14,15,16). The van der Waals surface area contributed by atoms with Crippen LogP contribution in [0.5, 0.6) is 0 Å². The first-order chi connectivity index (χ1) is 8.74. The molecule has 0 aliphatic heterocycles. The Hall–Kier alpha value is -1.85. The lowest BCUT2D eigenvalue weighted by Crippen LogP contribution is -2.08. The van der Waals surface area contributed by atoms with Gasteiger partial charge in [-0.25, -0.2) is 0 Å². The van der Waals surface area contributed by atoms with E-state index in [9.17, 15) is 0 Å². The molecule has 5 heteroatoms. The number of H-pyrrole nitrogens is 1. The number of hydrogen-bond donors (Lipinski definition) is 2. The molecule has 96 valence electrons. The normalized spacial score (nSPS) is 12.6. The Labute approximate surface area is 106 Å². The molecule has 1 unspecified atom stereocenters. The van der Waals surface area contributed by atoms with Gasteiger partial charge in [0, 0.05) is 20.3 Å². The molecule has 0 fully saturated rings. The molecule has 0 saturated heterocycles. The largest absolute Gasteiger partial charge is 0.382 e. The number of nitrogens with zero attached hydrogens (tertiary/aromatic N) is 1. The van der Waals surface area contributed by atoms with E-state index in [2.05, 4.69) is 10.2 Å². The number of hydrogen-bond acceptors (Lipinski definition) is 4. The van der Waals surface area contributed by atoms with Crippen molar-refractivity contribution in [3.63, 3.8) is 0 Å². The summed E-state index contributed by atoms with van der Waals surface area (Å²) in [6.07, 6.45) is -0.0455. The number of nitrogens with one attached hydrogen (secondary N) is 1. The second-order valence-electron chi connectivity index (χ2n) is 4.01. The smallest absolute Gasteiger partial charge is 0.145 e. The van der Waals surface area contributed by atoms with Gasteiger partial charge in [0.25, 0.3) is 0 Å². The maximum Gasteiger partial charge on any atom is 0.145 e. The second kappa shape index (κ2) is 5.66. The van der Waals surface area contributed by atoms with Crippen LogP contribution in [0.4, 0.5) is 5.82 Å². The minimum atomic E-state index is -0.0455. The molecular weight excluding hydrogens is 230 g/mol. The van der Waals surface area contributed by atoms with Gasteiger partial charge in [-0.3, -0.25) is 5.10 Å². The number of anilines is 1. The van der Waals surface area contributed by atoms with E-state index in [0.29, 0.717) is 12.4 Å². The molecule has 0 spiro atoms. The Morgan fingerprint density at radius 1 is 1.28 bits per heavy atom. The van der Waals surface area contributed by atoms with Crippen LogP contribution >= 0.6 is 0 Å². The van der Waals surface area contributed by atoms with Crippen molar-refractivity contribution in [3.05, 3.63) is 35.9 Å². The van der Waals surface area contributed by atoms with Crippen LogP contribution in [0.3, 0.4) is 0 Å². The molecule has 0 aliphatic carbocycles. The SMILES string of the molecule is COCC(OC)c1ccc(-c2cc(N)n[nH]2)cc1. The maximum absolute atomic E-state index is 5.58. The quantitative estimate of drug-likeness (QED) is 0.847. The molecule has 0 aliphatic rings. The van der Waals surface area contributed by atoms with Crippen LogP contribution in [0.1, 0.15) is 11.7 Å². The van der Waals surface area contributed by atoms with E-state index in [1.807, 2.05) is 24.3 Å². The van der Waals surface area contributed by atoms with E-state index in [4.69, 9.17) is 15.2 Å². The summed E-state index contributed by atoms with van der Waals surface area (Å²) >= 11 is 0. The van der Waals surface area contributed by atoms with Gasteiger partial charge in [0.05, 0.1) is 12.3 Å². The number of methoxy groups -OCH3 is 2. The Balaban J connectivity index is 2.19. The van der Waals surface area contributed by atoms with Gasteiger partial charge < -0.3 is 15.2 Å². The Kier molecular flexibility index (Phi) is 3.96. The first-order valence-corrected chi connectivity index (χ1v) is 5.67. The molecule has 0 bridgehead atoms. The average molecular weight is 247 g/mol. The molecule has 0 saturated carbocycles. The lowest BCUT2D eigenvalue weighted by Gasteiger charge is -2.14. The zero-order chi connectivity index (χ0) is 13.0. The van der Waals surface area contributed by atoms with Crippen molar-refractivity contribution in [2.45, 2.75) is 6.10 Å². The van der Waals surface area contributed by atoms with E-state index < -0.39 is 0 Å². The topological polar surface area (TPSA) is 73.2 Å². The van der Waals surface area contributed by atoms with Crippen LogP contribution in [0.2, 0.25) is 0 Å². The third-order valence-electron chi connectivity index (χ3n) is 2.79. The summed E-state index contributed by atoms with van der Waals surface area (Å²) < 4.78 is 10.5. The molecule has 3 N–H and O–H groups in total. The summed E-state index contributed by atoms with van der Waals surface area (Å²) in [4.78, 5) is 0. The van der Waals surface area contributed by atoms with Gasteiger partial charge in [-0.1, -0.05) is 24.3 Å². The van der Waals surface area contributed by atoms with Crippen molar-refractivity contribution in [1.82, 2.24) is 10.2 Å². The van der Waals surface area contributed by atoms with Crippen molar-refractivity contribution in [3.8, 4) is 11.3 Å². The molecule has 1 heterocycles. The van der Waals surface area contributed by atoms with Crippen LogP contribution in [0.25, 0.3) is 11.3 Å². The fraction of sp³-hybridized carbons (Fsp3) is 0.308. The van der Waals surface area contributed by atoms with Gasteiger partial charge in [0.2, 0.25) is 0 Å². The highest BCUT2D eigenvalue weighted by molar-refractivity contribution is 5.62. The Morgan fingerprint density at radius 2 is 2.00 bits per heavy atom. The van der Waals surface area contributed by atoms with E-state index in [-0.39, 0.29) is 6.10 Å². The van der Waals surface area contributed by atoms with Gasteiger partial charge >= 0.3 is 0 Å². The first kappa shape index (κ1) is 12.6. The summed E-state index contributed by atoms with van der Waals surface area (Å²) in [7, 11) is 3.33. The van der Waals surface area contributed by atoms with Crippen LogP contribution in [-0.2, 0) is 9.47 Å². The predicted molar refractivity (Wildman–Crippen MR) is 70.1 cm³/mol. The van der Waals surface area contributed by atoms with Gasteiger partial charge in [0.1, 0.15) is 11.9 Å². The first-order valence-electron chi connectivity index (χ1n) is 5.67. The van der Waals surface area contributed by atoms with Crippen molar-refractivity contribution in [1.29, 1.82) is 0 Å². The van der Waals surface area contributed by atoms with Gasteiger partial charge in [-0.2, -0.15) is 5.10 Å². The van der Waals surface area contributed by atoms with E-state index in [1.54, 1.807) is 20.3 Å². The number of nitrogen functional groups attached to an aromatic ring is 1. The third-order valence-corrected chi connectivity index (χ3v) is 2.79. The number of aromatic nitrogens is 2. The van der Waals surface area contributed by atoms with Gasteiger partial charge in [-0.05, 0) is 11.1 Å². The Bertz CT molecular complexity index is 493. The summed E-state index contributed by atoms with van der Waals surface area (Å²) in [6, 6.07) is 9.84. The summed E-state index contributed by atoms with van der Waals surface area (Å²) in [6.45, 7) is 0.535. The number of rotatable bonds is 5. The molecular formula is C13H17N3O2. The number of nitrogens with two attached hydrogens (primary N) is 1. The monoisotopic (exact) mass is 247 g/mol. The minimum absolute atomic E-state index is 0.0455. The summed E-state index contributed by atoms with van der Waals surface area (Å²) in [5.41, 5.74) is 8.60. The average Bonchev–Trinajstić information content (AvgIpc) is 2.83. The van der Waals surface area contributed by atoms with Gasteiger partial charge in [0.15, 0.2) is 0 Å². The van der Waals surface area contributed by atoms with E-state index in [1.165, 1.54) is 0 Å². The van der Waals surface area contributed by atoms with Crippen molar-refractivity contribution < 1.29 is 9.47 Å². The minimum Gasteiger partial charge on any atom is -0.382 e. The number of benzene rings is 1. The fourth-order valence-corrected chi connectivity index (χ4v) is 1.81.